The number of hydrogen-bond donors (Lipinski definition) is 2. The van der Waals surface area contributed by atoms with E-state index >= 15 is 0 Å². The van der Waals surface area contributed by atoms with Crippen LogP contribution in [0.15, 0.2) is 30.3 Å². The van der Waals surface area contributed by atoms with E-state index < -0.39 is 0 Å². The molecule has 0 aliphatic rings. The molecule has 90 valence electrons. The molecule has 1 aromatic rings. The average Bonchev–Trinajstić information content (AvgIpc) is 2.34. The minimum atomic E-state index is 0.786. The van der Waals surface area contributed by atoms with Gasteiger partial charge in [0.1, 0.15) is 0 Å². The maximum Gasteiger partial charge on any atom is 0.0206 e. The van der Waals surface area contributed by atoms with Crippen molar-refractivity contribution in [3.05, 3.63) is 35.9 Å². The Morgan fingerprint density at radius 1 is 1.06 bits per heavy atom. The van der Waals surface area contributed by atoms with E-state index in [4.69, 9.17) is 0 Å². The molecule has 0 saturated heterocycles. The SMILES string of the molecule is CCC(C)CNCCNCc1ccccc1. The van der Waals surface area contributed by atoms with E-state index in [1.54, 1.807) is 0 Å². The van der Waals surface area contributed by atoms with Crippen LogP contribution < -0.4 is 10.6 Å². The fourth-order valence-electron chi connectivity index (χ4n) is 1.50. The highest BCUT2D eigenvalue weighted by Crippen LogP contribution is 1.97. The van der Waals surface area contributed by atoms with Gasteiger partial charge in [-0.25, -0.2) is 0 Å². The summed E-state index contributed by atoms with van der Waals surface area (Å²) in [5, 5.41) is 6.89. The third kappa shape index (κ3) is 5.89. The van der Waals surface area contributed by atoms with Crippen molar-refractivity contribution in [1.82, 2.24) is 10.6 Å². The lowest BCUT2D eigenvalue weighted by Crippen LogP contribution is -2.29. The number of rotatable bonds is 8. The van der Waals surface area contributed by atoms with Crippen molar-refractivity contribution >= 4 is 0 Å². The van der Waals surface area contributed by atoms with Gasteiger partial charge in [0.05, 0.1) is 0 Å². The molecule has 2 heteroatoms. The van der Waals surface area contributed by atoms with E-state index in [0.717, 1.165) is 32.1 Å². The van der Waals surface area contributed by atoms with Gasteiger partial charge in [-0.2, -0.15) is 0 Å². The van der Waals surface area contributed by atoms with Gasteiger partial charge in [0.2, 0.25) is 0 Å². The molecule has 1 rings (SSSR count). The first-order chi connectivity index (χ1) is 7.83. The molecule has 0 aliphatic heterocycles. The number of benzene rings is 1. The van der Waals surface area contributed by atoms with Crippen molar-refractivity contribution < 1.29 is 0 Å². The number of hydrogen-bond acceptors (Lipinski definition) is 2. The van der Waals surface area contributed by atoms with Crippen LogP contribution in [0.5, 0.6) is 0 Å². The Labute approximate surface area is 99.5 Å². The standard InChI is InChI=1S/C14H24N2/c1-3-13(2)11-15-9-10-16-12-14-7-5-4-6-8-14/h4-8,13,15-16H,3,9-12H2,1-2H3. The molecule has 1 atom stereocenters. The van der Waals surface area contributed by atoms with Gasteiger partial charge >= 0.3 is 0 Å². The fraction of sp³-hybridized carbons (Fsp3) is 0.571. The number of nitrogens with one attached hydrogen (secondary N) is 2. The van der Waals surface area contributed by atoms with Gasteiger partial charge in [-0.05, 0) is 18.0 Å². The molecule has 16 heavy (non-hydrogen) atoms. The molecule has 0 saturated carbocycles. The zero-order chi connectivity index (χ0) is 11.6. The minimum Gasteiger partial charge on any atom is -0.315 e. The summed E-state index contributed by atoms with van der Waals surface area (Å²) in [4.78, 5) is 0. The average molecular weight is 220 g/mol. The highest BCUT2D eigenvalue weighted by atomic mass is 14.9. The normalized spacial score (nSPS) is 12.6. The van der Waals surface area contributed by atoms with E-state index in [0.29, 0.717) is 0 Å². The second-order valence-corrected chi connectivity index (χ2v) is 4.38. The second kappa shape index (κ2) is 8.31. The molecular weight excluding hydrogens is 196 g/mol. The lowest BCUT2D eigenvalue weighted by molar-refractivity contribution is 0.493. The first kappa shape index (κ1) is 13.2. The second-order valence-electron chi connectivity index (χ2n) is 4.38. The van der Waals surface area contributed by atoms with Crippen molar-refractivity contribution in [1.29, 1.82) is 0 Å². The highest BCUT2D eigenvalue weighted by Gasteiger charge is 1.96. The molecule has 0 amide bonds. The molecule has 0 heterocycles. The van der Waals surface area contributed by atoms with E-state index in [9.17, 15) is 0 Å². The predicted octanol–water partition coefficient (Wildman–Crippen LogP) is 2.41. The van der Waals surface area contributed by atoms with Crippen molar-refractivity contribution in [3.63, 3.8) is 0 Å². The Morgan fingerprint density at radius 2 is 1.75 bits per heavy atom. The lowest BCUT2D eigenvalue weighted by Gasteiger charge is -2.10. The maximum atomic E-state index is 3.46. The van der Waals surface area contributed by atoms with Gasteiger partial charge in [-0.1, -0.05) is 50.6 Å². The van der Waals surface area contributed by atoms with E-state index in [1.807, 2.05) is 0 Å². The van der Waals surface area contributed by atoms with Crippen LogP contribution >= 0.6 is 0 Å². The third-order valence-corrected chi connectivity index (χ3v) is 2.84. The van der Waals surface area contributed by atoms with Crippen LogP contribution in [0.2, 0.25) is 0 Å². The molecule has 0 aliphatic carbocycles. The zero-order valence-corrected chi connectivity index (χ0v) is 10.5. The Balaban J connectivity index is 1.96. The molecule has 2 N–H and O–H groups in total. The van der Waals surface area contributed by atoms with Crippen LogP contribution in [0, 0.1) is 5.92 Å². The predicted molar refractivity (Wildman–Crippen MR) is 70.5 cm³/mol. The Bertz CT molecular complexity index is 259. The van der Waals surface area contributed by atoms with Crippen molar-refractivity contribution in [2.24, 2.45) is 5.92 Å². The summed E-state index contributed by atoms with van der Waals surface area (Å²) >= 11 is 0. The molecule has 0 fully saturated rings. The minimum absolute atomic E-state index is 0.786. The summed E-state index contributed by atoms with van der Waals surface area (Å²) in [5.74, 6) is 0.786. The summed E-state index contributed by atoms with van der Waals surface area (Å²) in [5.41, 5.74) is 1.35. The summed E-state index contributed by atoms with van der Waals surface area (Å²) in [6.45, 7) is 8.70. The highest BCUT2D eigenvalue weighted by molar-refractivity contribution is 5.14. The van der Waals surface area contributed by atoms with Crippen LogP contribution in [0.25, 0.3) is 0 Å². The topological polar surface area (TPSA) is 24.1 Å². The molecule has 1 aromatic carbocycles. The van der Waals surface area contributed by atoms with E-state index in [1.165, 1.54) is 12.0 Å². The largest absolute Gasteiger partial charge is 0.315 e. The molecule has 1 unspecified atom stereocenters. The fourth-order valence-corrected chi connectivity index (χ4v) is 1.50. The van der Waals surface area contributed by atoms with Gasteiger partial charge in [0, 0.05) is 19.6 Å². The molecule has 0 bridgehead atoms. The van der Waals surface area contributed by atoms with Gasteiger partial charge in [0.15, 0.2) is 0 Å². The van der Waals surface area contributed by atoms with E-state index in [-0.39, 0.29) is 0 Å². The smallest absolute Gasteiger partial charge is 0.0206 e. The quantitative estimate of drug-likeness (QED) is 0.657. The Hall–Kier alpha value is -0.860. The molecule has 0 radical (unpaired) electrons. The molecule has 2 nitrogen and oxygen atoms in total. The first-order valence-electron chi connectivity index (χ1n) is 6.28. The monoisotopic (exact) mass is 220 g/mol. The van der Waals surface area contributed by atoms with Gasteiger partial charge < -0.3 is 10.6 Å². The molecule has 0 spiro atoms. The summed E-state index contributed by atoms with van der Waals surface area (Å²) < 4.78 is 0. The Morgan fingerprint density at radius 3 is 2.44 bits per heavy atom. The molecule has 0 aromatic heterocycles. The third-order valence-electron chi connectivity index (χ3n) is 2.84. The van der Waals surface area contributed by atoms with Crippen molar-refractivity contribution in [2.75, 3.05) is 19.6 Å². The van der Waals surface area contributed by atoms with Crippen molar-refractivity contribution in [3.8, 4) is 0 Å². The van der Waals surface area contributed by atoms with E-state index in [2.05, 4.69) is 54.8 Å². The van der Waals surface area contributed by atoms with Crippen molar-refractivity contribution in [2.45, 2.75) is 26.8 Å². The van der Waals surface area contributed by atoms with Gasteiger partial charge in [-0.15, -0.1) is 0 Å². The first-order valence-corrected chi connectivity index (χ1v) is 6.28. The van der Waals surface area contributed by atoms with Gasteiger partial charge in [0.25, 0.3) is 0 Å². The van der Waals surface area contributed by atoms with Crippen LogP contribution in [-0.4, -0.2) is 19.6 Å². The zero-order valence-electron chi connectivity index (χ0n) is 10.5. The summed E-state index contributed by atoms with van der Waals surface area (Å²) in [6, 6.07) is 10.5. The van der Waals surface area contributed by atoms with Crippen LogP contribution in [0.1, 0.15) is 25.8 Å². The van der Waals surface area contributed by atoms with Gasteiger partial charge in [-0.3, -0.25) is 0 Å². The van der Waals surface area contributed by atoms with Crippen LogP contribution in [0.4, 0.5) is 0 Å². The molecular formula is C14H24N2. The summed E-state index contributed by atoms with van der Waals surface area (Å²) in [6.07, 6.45) is 1.25. The van der Waals surface area contributed by atoms with Crippen LogP contribution in [0.3, 0.4) is 0 Å². The Kier molecular flexibility index (Phi) is 6.86. The lowest BCUT2D eigenvalue weighted by atomic mass is 10.1. The van der Waals surface area contributed by atoms with Crippen LogP contribution in [-0.2, 0) is 6.54 Å². The maximum absolute atomic E-state index is 3.46. The summed E-state index contributed by atoms with van der Waals surface area (Å²) in [7, 11) is 0.